The summed E-state index contributed by atoms with van der Waals surface area (Å²) < 4.78 is 1.97. The molecule has 0 unspecified atom stereocenters. The average molecular weight is 353 g/mol. The van der Waals surface area contributed by atoms with Crippen LogP contribution in [0.4, 0.5) is 0 Å². The first-order valence-corrected chi connectivity index (χ1v) is 9.81. The van der Waals surface area contributed by atoms with E-state index in [2.05, 4.69) is 24.4 Å². The smallest absolute Gasteiger partial charge is 0.261 e. The van der Waals surface area contributed by atoms with Gasteiger partial charge in [-0.1, -0.05) is 37.5 Å². The minimum Gasteiger partial charge on any atom is -0.349 e. The monoisotopic (exact) mass is 353 g/mol. The maximum Gasteiger partial charge on any atom is 0.261 e. The highest BCUT2D eigenvalue weighted by Gasteiger charge is 2.21. The third kappa shape index (κ3) is 3.09. The van der Waals surface area contributed by atoms with E-state index in [4.69, 9.17) is 5.10 Å². The summed E-state index contributed by atoms with van der Waals surface area (Å²) in [5, 5.41) is 8.98. The Bertz CT molecular complexity index is 918. The molecule has 1 amide bonds. The lowest BCUT2D eigenvalue weighted by molar-refractivity contribution is 0.0932. The molecule has 1 aliphatic carbocycles. The fourth-order valence-corrected chi connectivity index (χ4v) is 4.71. The fourth-order valence-electron chi connectivity index (χ4n) is 3.63. The van der Waals surface area contributed by atoms with E-state index in [1.165, 1.54) is 36.2 Å². The van der Waals surface area contributed by atoms with Crippen molar-refractivity contribution >= 4 is 27.5 Å². The number of benzene rings is 1. The highest BCUT2D eigenvalue weighted by molar-refractivity contribution is 7.20. The third-order valence-electron chi connectivity index (χ3n) is 5.05. The van der Waals surface area contributed by atoms with Crippen LogP contribution in [-0.2, 0) is 0 Å². The molecule has 2 aromatic heterocycles. The molecule has 0 saturated heterocycles. The first-order chi connectivity index (χ1) is 12.1. The van der Waals surface area contributed by atoms with E-state index in [0.717, 1.165) is 39.3 Å². The molecular weight excluding hydrogens is 330 g/mol. The van der Waals surface area contributed by atoms with Gasteiger partial charge in [0.1, 0.15) is 4.83 Å². The van der Waals surface area contributed by atoms with Crippen LogP contribution in [0, 0.1) is 13.8 Å². The van der Waals surface area contributed by atoms with Crippen LogP contribution < -0.4 is 5.32 Å². The largest absolute Gasteiger partial charge is 0.349 e. The SMILES string of the molecule is Cc1ccccc1-n1nc(C)c2cc(C(=O)NC3CCCCC3)sc21. The minimum atomic E-state index is 0.0591. The first kappa shape index (κ1) is 16.3. The molecule has 130 valence electrons. The van der Waals surface area contributed by atoms with Crippen LogP contribution in [0.3, 0.4) is 0 Å². The lowest BCUT2D eigenvalue weighted by Crippen LogP contribution is -2.35. The third-order valence-corrected chi connectivity index (χ3v) is 6.16. The van der Waals surface area contributed by atoms with Gasteiger partial charge in [0.25, 0.3) is 5.91 Å². The molecule has 1 fully saturated rings. The number of carbonyl (C=O) groups excluding carboxylic acids is 1. The van der Waals surface area contributed by atoms with E-state index >= 15 is 0 Å². The van der Waals surface area contributed by atoms with Crippen LogP contribution in [0.15, 0.2) is 30.3 Å². The van der Waals surface area contributed by atoms with E-state index in [-0.39, 0.29) is 5.91 Å². The molecule has 1 saturated carbocycles. The van der Waals surface area contributed by atoms with Crippen LogP contribution in [0.5, 0.6) is 0 Å². The van der Waals surface area contributed by atoms with Crippen LogP contribution in [0.1, 0.15) is 53.0 Å². The van der Waals surface area contributed by atoms with Gasteiger partial charge in [0.15, 0.2) is 0 Å². The molecule has 0 spiro atoms. The number of fused-ring (bicyclic) bond motifs is 1. The zero-order valence-electron chi connectivity index (χ0n) is 14.7. The molecule has 25 heavy (non-hydrogen) atoms. The number of rotatable bonds is 3. The van der Waals surface area contributed by atoms with Gasteiger partial charge in [0.05, 0.1) is 16.3 Å². The molecule has 4 rings (SSSR count). The van der Waals surface area contributed by atoms with Crippen LogP contribution >= 0.6 is 11.3 Å². The van der Waals surface area contributed by atoms with E-state index < -0.39 is 0 Å². The van der Waals surface area contributed by atoms with Gasteiger partial charge < -0.3 is 5.32 Å². The first-order valence-electron chi connectivity index (χ1n) is 8.99. The van der Waals surface area contributed by atoms with Gasteiger partial charge in [-0.15, -0.1) is 11.3 Å². The number of thiophene rings is 1. The van der Waals surface area contributed by atoms with Crippen molar-refractivity contribution in [2.45, 2.75) is 52.0 Å². The highest BCUT2D eigenvalue weighted by atomic mass is 32.1. The Balaban J connectivity index is 1.67. The molecule has 3 aromatic rings. The summed E-state index contributed by atoms with van der Waals surface area (Å²) >= 11 is 1.53. The van der Waals surface area contributed by atoms with Crippen molar-refractivity contribution in [1.82, 2.24) is 15.1 Å². The zero-order valence-corrected chi connectivity index (χ0v) is 15.5. The average Bonchev–Trinajstić information content (AvgIpc) is 3.17. The molecule has 5 heteroatoms. The molecular formula is C20H23N3OS. The van der Waals surface area contributed by atoms with Gasteiger partial charge in [0, 0.05) is 11.4 Å². The Hall–Kier alpha value is -2.14. The van der Waals surface area contributed by atoms with Crippen molar-refractivity contribution in [3.8, 4) is 5.69 Å². The second-order valence-electron chi connectivity index (χ2n) is 6.92. The lowest BCUT2D eigenvalue weighted by Gasteiger charge is -2.22. The van der Waals surface area contributed by atoms with Gasteiger partial charge in [-0.25, -0.2) is 4.68 Å². The second kappa shape index (κ2) is 6.64. The Kier molecular flexibility index (Phi) is 4.34. The predicted molar refractivity (Wildman–Crippen MR) is 103 cm³/mol. The molecule has 4 nitrogen and oxygen atoms in total. The number of para-hydroxylation sites is 1. The van der Waals surface area contributed by atoms with Gasteiger partial charge in [-0.05, 0) is 44.4 Å². The summed E-state index contributed by atoms with van der Waals surface area (Å²) in [4.78, 5) is 14.5. The van der Waals surface area contributed by atoms with Gasteiger partial charge in [0.2, 0.25) is 0 Å². The fraction of sp³-hybridized carbons (Fsp3) is 0.400. The summed E-state index contributed by atoms with van der Waals surface area (Å²) in [7, 11) is 0. The van der Waals surface area contributed by atoms with Crippen molar-refractivity contribution in [3.63, 3.8) is 0 Å². The normalized spacial score (nSPS) is 15.6. The Morgan fingerprint density at radius 1 is 1.20 bits per heavy atom. The van der Waals surface area contributed by atoms with E-state index in [1.54, 1.807) is 0 Å². The molecule has 0 atom stereocenters. The number of nitrogens with zero attached hydrogens (tertiary/aromatic N) is 2. The molecule has 1 aromatic carbocycles. The van der Waals surface area contributed by atoms with Gasteiger partial charge in [-0.3, -0.25) is 4.79 Å². The summed E-state index contributed by atoms with van der Waals surface area (Å²) in [5.41, 5.74) is 3.21. The summed E-state index contributed by atoms with van der Waals surface area (Å²) in [6.45, 7) is 4.09. The van der Waals surface area contributed by atoms with E-state index in [0.29, 0.717) is 6.04 Å². The van der Waals surface area contributed by atoms with Crippen LogP contribution in [0.2, 0.25) is 0 Å². The summed E-state index contributed by atoms with van der Waals surface area (Å²) in [6.07, 6.45) is 5.94. The standard InChI is InChI=1S/C20H23N3OS/c1-13-8-6-7-11-17(13)23-20-16(14(2)22-23)12-18(25-20)19(24)21-15-9-4-3-5-10-15/h6-8,11-12,15H,3-5,9-10H2,1-2H3,(H,21,24). The molecule has 0 radical (unpaired) electrons. The molecule has 2 heterocycles. The Morgan fingerprint density at radius 2 is 1.96 bits per heavy atom. The van der Waals surface area contributed by atoms with Crippen LogP contribution in [-0.4, -0.2) is 21.7 Å². The quantitative estimate of drug-likeness (QED) is 0.737. The topological polar surface area (TPSA) is 46.9 Å². The number of nitrogens with one attached hydrogen (secondary N) is 1. The maximum atomic E-state index is 12.7. The van der Waals surface area contributed by atoms with Crippen molar-refractivity contribution in [1.29, 1.82) is 0 Å². The molecule has 0 bridgehead atoms. The number of hydrogen-bond acceptors (Lipinski definition) is 3. The Morgan fingerprint density at radius 3 is 2.72 bits per heavy atom. The number of aryl methyl sites for hydroxylation is 2. The minimum absolute atomic E-state index is 0.0591. The van der Waals surface area contributed by atoms with E-state index in [1.807, 2.05) is 29.8 Å². The maximum absolute atomic E-state index is 12.7. The second-order valence-corrected chi connectivity index (χ2v) is 7.95. The lowest BCUT2D eigenvalue weighted by atomic mass is 9.95. The van der Waals surface area contributed by atoms with E-state index in [9.17, 15) is 4.79 Å². The summed E-state index contributed by atoms with van der Waals surface area (Å²) in [5.74, 6) is 0.0591. The van der Waals surface area contributed by atoms with Crippen molar-refractivity contribution in [3.05, 3.63) is 46.5 Å². The summed E-state index contributed by atoms with van der Waals surface area (Å²) in [6, 6.07) is 10.5. The van der Waals surface area contributed by atoms with Gasteiger partial charge in [-0.2, -0.15) is 5.10 Å². The number of hydrogen-bond donors (Lipinski definition) is 1. The zero-order chi connectivity index (χ0) is 17.4. The predicted octanol–water partition coefficient (Wildman–Crippen LogP) is 4.77. The van der Waals surface area contributed by atoms with Gasteiger partial charge >= 0.3 is 0 Å². The molecule has 1 N–H and O–H groups in total. The number of carbonyl (C=O) groups is 1. The molecule has 0 aliphatic heterocycles. The van der Waals surface area contributed by atoms with Crippen LogP contribution in [0.25, 0.3) is 15.9 Å². The number of aromatic nitrogens is 2. The van der Waals surface area contributed by atoms with Crippen molar-refractivity contribution < 1.29 is 4.79 Å². The van der Waals surface area contributed by atoms with Crippen molar-refractivity contribution in [2.75, 3.05) is 0 Å². The highest BCUT2D eigenvalue weighted by Crippen LogP contribution is 2.31. The Labute approximate surface area is 151 Å². The number of amides is 1. The molecule has 1 aliphatic rings. The van der Waals surface area contributed by atoms with Crippen molar-refractivity contribution in [2.24, 2.45) is 0 Å².